The van der Waals surface area contributed by atoms with Crippen molar-refractivity contribution in [1.82, 2.24) is 0 Å². The molecule has 706 valence electrons. The van der Waals surface area contributed by atoms with Gasteiger partial charge in [0, 0.05) is 113 Å². The number of carbonyl (C=O) groups excluding carboxylic acids is 2. The number of unbranched alkanes of at least 4 members (excludes halogenated alkanes) is 46. The molecule has 0 unspecified atom stereocenters. The minimum absolute atomic E-state index is 0.0497. The van der Waals surface area contributed by atoms with Gasteiger partial charge < -0.3 is 0 Å². The maximum atomic E-state index is 15.0. The van der Waals surface area contributed by atoms with Crippen LogP contribution in [0.15, 0.2) is 120 Å². The Morgan fingerprint density at radius 2 is 0.583 bits per heavy atom. The van der Waals surface area contributed by atoms with E-state index in [2.05, 4.69) is 124 Å². The number of carbonyl (C=O) groups is 2. The predicted octanol–water partition coefficient (Wildman–Crippen LogP) is 41.3. The van der Waals surface area contributed by atoms with Crippen LogP contribution < -0.4 is 0 Å². The average Bonchev–Trinajstić information content (AvgIpc) is 1.56. The first-order valence-corrected chi connectivity index (χ1v) is 58.1. The minimum atomic E-state index is -0.133. The number of benzene rings is 3. The Balaban J connectivity index is 1.09. The van der Waals surface area contributed by atoms with Crippen LogP contribution in [0.25, 0.3) is 93.6 Å². The molecule has 0 fully saturated rings. The number of hydrogen-bond donors (Lipinski definition) is 0. The summed E-state index contributed by atoms with van der Waals surface area (Å²) >= 11 is 11.5. The number of Topliss-reactive ketones (excluding diaryl/α,β-unsaturated/α-hetero) is 2. The highest BCUT2D eigenvalue weighted by atomic mass is 32.1. The van der Waals surface area contributed by atoms with E-state index in [0.29, 0.717) is 56.4 Å². The van der Waals surface area contributed by atoms with Crippen molar-refractivity contribution in [1.29, 1.82) is 10.5 Å². The lowest BCUT2D eigenvalue weighted by molar-refractivity contribution is 0.103. The monoisotopic (exact) mass is 1880 g/mol. The van der Waals surface area contributed by atoms with Gasteiger partial charge in [0.15, 0.2) is 11.6 Å². The molecular formula is C120H158N4O2S6. The number of nitrogens with zero attached hydrogens (tertiary/aromatic N) is 4. The van der Waals surface area contributed by atoms with Crippen LogP contribution in [0.2, 0.25) is 0 Å². The molecule has 0 atom stereocenters. The lowest BCUT2D eigenvalue weighted by Crippen LogP contribution is -2.04. The van der Waals surface area contributed by atoms with Gasteiger partial charge in [0.05, 0.1) is 25.3 Å². The van der Waals surface area contributed by atoms with Gasteiger partial charge in [-0.1, -0.05) is 437 Å². The molecule has 12 heteroatoms. The first kappa shape index (κ1) is 105. The molecule has 0 radical (unpaired) electrons. The largest absolute Gasteiger partial charge is 0.289 e. The summed E-state index contributed by atoms with van der Waals surface area (Å²) in [6.45, 7) is 30.5. The van der Waals surface area contributed by atoms with E-state index in [1.165, 1.54) is 415 Å². The first-order chi connectivity index (χ1) is 65.0. The highest BCUT2D eigenvalue weighted by Gasteiger charge is 2.36. The lowest BCUT2D eigenvalue weighted by atomic mass is 9.91. The zero-order valence-electron chi connectivity index (χ0n) is 82.0. The van der Waals surface area contributed by atoms with E-state index in [1.54, 1.807) is 22.7 Å². The molecule has 11 rings (SSSR count). The molecule has 2 aliphatic rings. The summed E-state index contributed by atoms with van der Waals surface area (Å²) in [6, 6.07) is 39.6. The zero-order valence-corrected chi connectivity index (χ0v) is 86.9. The predicted molar refractivity (Wildman–Crippen MR) is 581 cm³/mol. The molecule has 0 spiro atoms. The van der Waals surface area contributed by atoms with E-state index in [9.17, 15) is 20.1 Å². The second-order valence-corrected chi connectivity index (χ2v) is 45.4. The topological polar surface area (TPSA) is 90.4 Å². The van der Waals surface area contributed by atoms with Gasteiger partial charge >= 0.3 is 0 Å². The van der Waals surface area contributed by atoms with Crippen molar-refractivity contribution in [3.63, 3.8) is 0 Å². The first-order valence-electron chi connectivity index (χ1n) is 53.2. The Kier molecular flexibility index (Phi) is 47.5. The molecule has 6 heterocycles. The molecule has 9 aromatic rings. The second kappa shape index (κ2) is 59.6. The number of rotatable bonds is 68. The molecule has 132 heavy (non-hydrogen) atoms. The molecule has 0 amide bonds. The third-order valence-electron chi connectivity index (χ3n) is 28.3. The number of allylic oxidation sites excluding steroid dienone is 6. The normalized spacial score (nSPS) is 14.0. The Hall–Kier alpha value is -7.36. The van der Waals surface area contributed by atoms with Gasteiger partial charge in [0.25, 0.3) is 11.4 Å². The van der Waals surface area contributed by atoms with Crippen LogP contribution in [-0.2, 0) is 25.7 Å². The number of hydrogen-bond acceptors (Lipinski definition) is 10. The fraction of sp³-hybridized carbons (Fsp3) is 0.567. The smallest absolute Gasteiger partial charge is 0.270 e. The van der Waals surface area contributed by atoms with Crippen LogP contribution in [0.1, 0.15) is 464 Å². The molecule has 2 aliphatic carbocycles. The third-order valence-corrected chi connectivity index (χ3v) is 35.5. The summed E-state index contributed by atoms with van der Waals surface area (Å²) in [5, 5.41) is 23.9. The molecule has 6 aromatic heterocycles. The van der Waals surface area contributed by atoms with E-state index >= 15 is 0 Å². The van der Waals surface area contributed by atoms with Crippen LogP contribution in [0.3, 0.4) is 0 Å². The Morgan fingerprint density at radius 1 is 0.318 bits per heavy atom. The van der Waals surface area contributed by atoms with E-state index in [1.807, 2.05) is 93.9 Å². The van der Waals surface area contributed by atoms with Crippen molar-refractivity contribution >= 4 is 123 Å². The van der Waals surface area contributed by atoms with Gasteiger partial charge in [-0.2, -0.15) is 0 Å². The summed E-state index contributed by atoms with van der Waals surface area (Å²) in [5.74, 6) is 0.993. The maximum absolute atomic E-state index is 15.0. The van der Waals surface area contributed by atoms with E-state index < -0.39 is 0 Å². The van der Waals surface area contributed by atoms with Crippen LogP contribution in [0.5, 0.6) is 0 Å². The summed E-state index contributed by atoms with van der Waals surface area (Å²) in [7, 11) is 0. The molecule has 0 aliphatic heterocycles. The van der Waals surface area contributed by atoms with Gasteiger partial charge in [-0.3, -0.25) is 9.59 Å². The van der Waals surface area contributed by atoms with Crippen LogP contribution in [-0.4, -0.2) is 11.6 Å². The lowest BCUT2D eigenvalue weighted by Gasteiger charge is -2.16. The van der Waals surface area contributed by atoms with Crippen molar-refractivity contribution in [2.75, 3.05) is 0 Å². The van der Waals surface area contributed by atoms with Crippen LogP contribution in [0, 0.1) is 47.6 Å². The summed E-state index contributed by atoms with van der Waals surface area (Å²) < 4.78 is 2.60. The molecule has 0 saturated heterocycles. The molecule has 0 saturated carbocycles. The number of ketones is 2. The molecule has 0 bridgehead atoms. The highest BCUT2D eigenvalue weighted by molar-refractivity contribution is 7.29. The maximum Gasteiger partial charge on any atom is 0.270 e. The van der Waals surface area contributed by atoms with Gasteiger partial charge in [-0.15, -0.1) is 68.0 Å². The van der Waals surface area contributed by atoms with Crippen LogP contribution in [0.4, 0.5) is 0 Å². The van der Waals surface area contributed by atoms with E-state index in [-0.39, 0.29) is 23.0 Å². The van der Waals surface area contributed by atoms with Crippen LogP contribution >= 0.6 is 68.0 Å². The van der Waals surface area contributed by atoms with Crippen molar-refractivity contribution in [3.05, 3.63) is 195 Å². The van der Waals surface area contributed by atoms with Crippen molar-refractivity contribution in [2.24, 2.45) is 11.8 Å². The fourth-order valence-corrected chi connectivity index (χ4v) is 28.0. The van der Waals surface area contributed by atoms with E-state index in [4.69, 9.17) is 13.1 Å². The Morgan fingerprint density at radius 3 is 0.864 bits per heavy atom. The average molecular weight is 1880 g/mol. The van der Waals surface area contributed by atoms with Gasteiger partial charge in [0.2, 0.25) is 0 Å². The Bertz CT molecular complexity index is 4890. The summed E-state index contributed by atoms with van der Waals surface area (Å²) in [4.78, 5) is 49.9. The highest BCUT2D eigenvalue weighted by Crippen LogP contribution is 2.57. The van der Waals surface area contributed by atoms with E-state index in [0.717, 1.165) is 61.1 Å². The summed E-state index contributed by atoms with van der Waals surface area (Å²) in [5.41, 5.74) is 9.12. The zero-order chi connectivity index (χ0) is 92.7. The number of aryl methyl sites for hydroxylation is 2. The van der Waals surface area contributed by atoms with Gasteiger partial charge in [-0.05, 0) is 133 Å². The molecule has 0 N–H and O–H groups in total. The second-order valence-electron chi connectivity index (χ2n) is 38.8. The molecular weight excluding hydrogens is 1720 g/mol. The van der Waals surface area contributed by atoms with Crippen molar-refractivity contribution < 1.29 is 9.59 Å². The Labute approximate surface area is 822 Å². The number of thiophene rings is 6. The number of nitriles is 2. The van der Waals surface area contributed by atoms with Crippen molar-refractivity contribution in [2.45, 2.75) is 427 Å². The quantitative estimate of drug-likeness (QED) is 0.0164. The third kappa shape index (κ3) is 31.3. The van der Waals surface area contributed by atoms with Crippen molar-refractivity contribution in [3.8, 4) is 52.5 Å². The fourth-order valence-electron chi connectivity index (χ4n) is 20.6. The van der Waals surface area contributed by atoms with Gasteiger partial charge in [-0.25, -0.2) is 20.2 Å². The van der Waals surface area contributed by atoms with Gasteiger partial charge in [0.1, 0.15) is 0 Å². The molecule has 6 nitrogen and oxygen atoms in total. The summed E-state index contributed by atoms with van der Waals surface area (Å²) in [6.07, 6.45) is 80.6. The standard InChI is InChI=1S/C120H158N4O2S6/c1-9-15-21-27-33-39-41-47-53-59-69-91-81-109(129-107(91)83-99-113(103(87-121)123-7)95-71-61-63-73-97(95)117(99)125)111-85-101-115(105-77-75-93(127-105)79-89(65-55-49-43-35-29-23-17-11-3)66-56-50-44-36-30-24-18-12-4)120-102(116(119(101)131-111)106-78-76-94(128-106)80-90(67-57-51-45-37-31-25-19-13-5)68-58-52-46-38-32-26-20-14-6)86-112(132-120)110-82-92(70-60-54-48-42-40-34-28-22-16-10-2)108(130-110)84-100-114(104(88-122)124-8)96-72-62-64-74-98(96)118(100)126/h61-64,71-78,81-86,89-90H,9-60,65-70,79-80H2,1-6H3/b99-83?,100-84?,113-103-,114-104+. The SMILES string of the molecule is [C-]#[N+]/C(C#N)=C1\C(=Cc2sc(-c3cc4c(-c5ccc(CC(CCCCCCCCCC)CCCCCCCCCC)s5)c5sc(-c6cc(CCCCCCCCCCCC)c(C=C7C(=O)c8ccccc8/C7=C(/C#N)[N+]#[C-])s6)cc5c(-c5ccc(CC(CCCCCCCCCC)CCCCCCCCCC)s5)c4s3)cc2CCCCCCCCCCCC)C(=O)c2ccccc21. The minimum Gasteiger partial charge on any atom is -0.289 e. The molecule has 3 aromatic carbocycles. The number of fused-ring (bicyclic) bond motifs is 4.